The van der Waals surface area contributed by atoms with Crippen molar-refractivity contribution < 1.29 is 9.47 Å². The molecule has 0 aliphatic carbocycles. The second kappa shape index (κ2) is 24.1. The lowest BCUT2D eigenvalue weighted by Crippen LogP contribution is -2.20. The van der Waals surface area contributed by atoms with Crippen LogP contribution in [0.15, 0.2) is 97.2 Å². The summed E-state index contributed by atoms with van der Waals surface area (Å²) in [5.41, 5.74) is -0.169. The Balaban J connectivity index is 4.29. The molecule has 0 rings (SSSR count). The van der Waals surface area contributed by atoms with E-state index in [2.05, 4.69) is 166 Å². The lowest BCUT2D eigenvalue weighted by Gasteiger charge is -2.20. The third-order valence-corrected chi connectivity index (χ3v) is 8.03. The Hall–Kier alpha value is -2.16. The van der Waals surface area contributed by atoms with Crippen molar-refractivity contribution in [3.8, 4) is 0 Å². The van der Waals surface area contributed by atoms with Crippen LogP contribution in [0, 0.1) is 35.5 Å². The molecule has 0 heterocycles. The van der Waals surface area contributed by atoms with Gasteiger partial charge in [0, 0.05) is 14.2 Å². The van der Waals surface area contributed by atoms with Crippen LogP contribution in [0.1, 0.15) is 108 Å². The second-order valence-electron chi connectivity index (χ2n) is 14.2. The summed E-state index contributed by atoms with van der Waals surface area (Å²) in [5.74, 6) is 3.10. The Morgan fingerprint density at radius 2 is 0.705 bits per heavy atom. The van der Waals surface area contributed by atoms with E-state index in [1.165, 1.54) is 0 Å². The average molecular weight is 607 g/mol. The van der Waals surface area contributed by atoms with Gasteiger partial charge in [-0.2, -0.15) is 0 Å². The van der Waals surface area contributed by atoms with Crippen LogP contribution in [-0.4, -0.2) is 25.4 Å². The summed E-state index contributed by atoms with van der Waals surface area (Å²) in [6, 6.07) is 0. The molecule has 0 aromatic rings. The van der Waals surface area contributed by atoms with Crippen molar-refractivity contribution in [3.63, 3.8) is 0 Å². The van der Waals surface area contributed by atoms with E-state index in [1.54, 1.807) is 14.2 Å². The van der Waals surface area contributed by atoms with Gasteiger partial charge in [0.15, 0.2) is 0 Å². The lowest BCUT2D eigenvalue weighted by molar-refractivity contribution is 0.0251. The van der Waals surface area contributed by atoms with Gasteiger partial charge < -0.3 is 9.47 Å². The second-order valence-corrected chi connectivity index (χ2v) is 14.2. The smallest absolute Gasteiger partial charge is 0.0657 e. The predicted molar refractivity (Wildman–Crippen MR) is 198 cm³/mol. The van der Waals surface area contributed by atoms with Gasteiger partial charge in [-0.15, -0.1) is 0 Å². The summed E-state index contributed by atoms with van der Waals surface area (Å²) in [6.45, 7) is 22.1. The third kappa shape index (κ3) is 25.2. The molecule has 2 heteroatoms. The van der Waals surface area contributed by atoms with Crippen molar-refractivity contribution in [1.29, 1.82) is 0 Å². The minimum atomic E-state index is -0.0884. The van der Waals surface area contributed by atoms with E-state index in [1.807, 2.05) is 0 Å². The predicted octanol–water partition coefficient (Wildman–Crippen LogP) is 12.4. The van der Waals surface area contributed by atoms with Gasteiger partial charge in [-0.3, -0.25) is 0 Å². The fourth-order valence-corrected chi connectivity index (χ4v) is 4.32. The van der Waals surface area contributed by atoms with Crippen LogP contribution in [-0.2, 0) is 9.47 Å². The molecular weight excluding hydrogens is 536 g/mol. The van der Waals surface area contributed by atoms with Crippen LogP contribution in [0.25, 0.3) is 0 Å². The first kappa shape index (κ1) is 41.8. The first-order valence-electron chi connectivity index (χ1n) is 17.1. The number of allylic oxidation sites excluding steroid dienone is 14. The van der Waals surface area contributed by atoms with E-state index < -0.39 is 0 Å². The minimum Gasteiger partial charge on any atom is -0.378 e. The zero-order valence-corrected chi connectivity index (χ0v) is 30.8. The van der Waals surface area contributed by atoms with Crippen LogP contribution in [0.5, 0.6) is 0 Å². The average Bonchev–Trinajstić information content (AvgIpc) is 2.95. The van der Waals surface area contributed by atoms with Gasteiger partial charge in [-0.25, -0.2) is 0 Å². The van der Waals surface area contributed by atoms with Gasteiger partial charge in [-0.05, 0) is 102 Å². The van der Waals surface area contributed by atoms with Crippen LogP contribution in [0.4, 0.5) is 0 Å². The molecule has 0 aromatic heterocycles. The summed E-state index contributed by atoms with van der Waals surface area (Å²) < 4.78 is 11.0. The van der Waals surface area contributed by atoms with Crippen LogP contribution in [0.3, 0.4) is 0 Å². The number of hydrogen-bond acceptors (Lipinski definition) is 2. The van der Waals surface area contributed by atoms with Crippen LogP contribution >= 0.6 is 0 Å². The summed E-state index contributed by atoms with van der Waals surface area (Å²) in [6.07, 6.45) is 42.9. The van der Waals surface area contributed by atoms with Gasteiger partial charge in [0.1, 0.15) is 0 Å². The van der Waals surface area contributed by atoms with Gasteiger partial charge in [0.2, 0.25) is 0 Å². The normalized spacial score (nSPS) is 18.4. The zero-order chi connectivity index (χ0) is 33.4. The van der Waals surface area contributed by atoms with Gasteiger partial charge in [-0.1, -0.05) is 139 Å². The van der Waals surface area contributed by atoms with Crippen molar-refractivity contribution >= 4 is 0 Å². The van der Waals surface area contributed by atoms with E-state index >= 15 is 0 Å². The number of hydrogen-bond donors (Lipinski definition) is 0. The SMILES string of the molecule is COC(C)(C)C/C=C/C(C)/C=C/CC(C)/C=C/CC(C)/C=C/C=C/C(C)/C=C/CC(C)/C=C/CC(C)/C=C/CC(C)(C)OC. The molecule has 0 aromatic carbocycles. The molecule has 2 nitrogen and oxygen atoms in total. The van der Waals surface area contributed by atoms with E-state index in [0.29, 0.717) is 35.5 Å². The molecule has 0 radical (unpaired) electrons. The molecule has 0 aliphatic rings. The highest BCUT2D eigenvalue weighted by molar-refractivity contribution is 5.10. The van der Waals surface area contributed by atoms with E-state index in [4.69, 9.17) is 9.47 Å². The Kier molecular flexibility index (Phi) is 22.9. The number of methoxy groups -OCH3 is 2. The Morgan fingerprint density at radius 3 is 1.14 bits per heavy atom. The van der Waals surface area contributed by atoms with Crippen molar-refractivity contribution in [2.45, 2.75) is 119 Å². The molecule has 6 unspecified atom stereocenters. The monoisotopic (exact) mass is 607 g/mol. The molecule has 0 N–H and O–H groups in total. The molecule has 0 aliphatic heterocycles. The first-order chi connectivity index (χ1) is 20.7. The standard InChI is InChI=1S/C42H70O2/c1-35(23-15-25-37(3)27-17-29-39(5)31-19-33-41(7,8)43-11)21-13-14-22-36(2)24-16-26-38(4)28-18-30-40(6)32-20-34-42(9,10)44-12/h13-23,26-27,30-32,35-40H,24-25,28-29,33-34H2,1-12H3/b21-13+,22-14+,23-15+,26-16+,27-17+,30-18+,31-19+,32-20+. The number of ether oxygens (including phenoxy) is 2. The topological polar surface area (TPSA) is 18.5 Å². The molecule has 0 saturated carbocycles. The quantitative estimate of drug-likeness (QED) is 0.0851. The van der Waals surface area contributed by atoms with Crippen LogP contribution in [0.2, 0.25) is 0 Å². The van der Waals surface area contributed by atoms with Gasteiger partial charge >= 0.3 is 0 Å². The third-order valence-electron chi connectivity index (χ3n) is 8.03. The Labute approximate surface area is 274 Å². The highest BCUT2D eigenvalue weighted by atomic mass is 16.5. The van der Waals surface area contributed by atoms with Crippen molar-refractivity contribution in [2.24, 2.45) is 35.5 Å². The molecule has 0 saturated heterocycles. The summed E-state index contributed by atoms with van der Waals surface area (Å²) >= 11 is 0. The van der Waals surface area contributed by atoms with Crippen molar-refractivity contribution in [3.05, 3.63) is 97.2 Å². The first-order valence-corrected chi connectivity index (χ1v) is 17.1. The highest BCUT2D eigenvalue weighted by Crippen LogP contribution is 2.17. The molecule has 0 spiro atoms. The molecule has 250 valence electrons. The number of rotatable bonds is 23. The van der Waals surface area contributed by atoms with Crippen molar-refractivity contribution in [1.82, 2.24) is 0 Å². The molecular formula is C42H70O2. The van der Waals surface area contributed by atoms with E-state index in [-0.39, 0.29) is 11.2 Å². The molecule has 0 fully saturated rings. The summed E-state index contributed by atoms with van der Waals surface area (Å²) in [4.78, 5) is 0. The fraction of sp³-hybridized carbons (Fsp3) is 0.619. The van der Waals surface area contributed by atoms with Gasteiger partial charge in [0.05, 0.1) is 11.2 Å². The maximum atomic E-state index is 5.48. The van der Waals surface area contributed by atoms with Gasteiger partial charge in [0.25, 0.3) is 0 Å². The largest absolute Gasteiger partial charge is 0.378 e. The van der Waals surface area contributed by atoms with Crippen LogP contribution < -0.4 is 0 Å². The summed E-state index contributed by atoms with van der Waals surface area (Å²) in [7, 11) is 3.55. The highest BCUT2D eigenvalue weighted by Gasteiger charge is 2.14. The lowest BCUT2D eigenvalue weighted by atomic mass is 10.00. The maximum absolute atomic E-state index is 5.48. The molecule has 44 heavy (non-hydrogen) atoms. The fourth-order valence-electron chi connectivity index (χ4n) is 4.32. The Morgan fingerprint density at radius 1 is 0.409 bits per heavy atom. The van der Waals surface area contributed by atoms with E-state index in [0.717, 1.165) is 38.5 Å². The zero-order valence-electron chi connectivity index (χ0n) is 30.8. The Bertz CT molecular complexity index is 952. The maximum Gasteiger partial charge on any atom is 0.0657 e. The molecule has 0 bridgehead atoms. The summed E-state index contributed by atoms with van der Waals surface area (Å²) in [5, 5.41) is 0. The minimum absolute atomic E-state index is 0.0804. The molecule has 0 amide bonds. The van der Waals surface area contributed by atoms with E-state index in [9.17, 15) is 0 Å². The van der Waals surface area contributed by atoms with Crippen molar-refractivity contribution in [2.75, 3.05) is 14.2 Å². The molecule has 6 atom stereocenters.